The summed E-state index contributed by atoms with van der Waals surface area (Å²) in [5.41, 5.74) is 3.51. The van der Waals surface area contributed by atoms with Gasteiger partial charge < -0.3 is 5.11 Å². The smallest absolute Gasteiger partial charge is 0.0800 e. The molecule has 0 spiro atoms. The lowest BCUT2D eigenvalue weighted by molar-refractivity contribution is 0.166. The molecule has 0 aliphatic heterocycles. The fraction of sp³-hybridized carbons (Fsp3) is 0.368. The molecule has 22 heavy (non-hydrogen) atoms. The molecular weight excluding hydrogens is 312 g/mol. The fourth-order valence-electron chi connectivity index (χ4n) is 2.32. The highest BCUT2D eigenvalue weighted by Crippen LogP contribution is 2.29. The van der Waals surface area contributed by atoms with Crippen molar-refractivity contribution in [3.8, 4) is 0 Å². The van der Waals surface area contributed by atoms with Crippen molar-refractivity contribution in [2.24, 2.45) is 0 Å². The van der Waals surface area contributed by atoms with Crippen LogP contribution in [0.3, 0.4) is 0 Å². The van der Waals surface area contributed by atoms with Crippen LogP contribution in [-0.2, 0) is 5.75 Å². The van der Waals surface area contributed by atoms with Gasteiger partial charge in [-0.1, -0.05) is 60.5 Å². The molecule has 0 radical (unpaired) electrons. The van der Waals surface area contributed by atoms with Gasteiger partial charge in [-0.25, -0.2) is 0 Å². The minimum absolute atomic E-state index is 0.386. The van der Waals surface area contributed by atoms with E-state index in [0.29, 0.717) is 5.25 Å². The molecule has 0 saturated carbocycles. The fourth-order valence-corrected chi connectivity index (χ4v) is 3.62. The minimum atomic E-state index is -0.386. The highest BCUT2D eigenvalue weighted by molar-refractivity contribution is 7.99. The zero-order valence-corrected chi connectivity index (χ0v) is 14.7. The van der Waals surface area contributed by atoms with E-state index in [1.54, 1.807) is 0 Å². The van der Waals surface area contributed by atoms with Gasteiger partial charge in [0.15, 0.2) is 0 Å². The standard InChI is InChI=1S/C19H23ClOS/c1-3-18(22-13-15-6-10-17(20)11-7-15)12-19(21)16-8-4-14(2)5-9-16/h4-11,18-19,21H,3,12-13H2,1-2H3. The molecule has 2 aromatic carbocycles. The molecular formula is C19H23ClOS. The molecule has 2 atom stereocenters. The molecule has 0 bridgehead atoms. The summed E-state index contributed by atoms with van der Waals surface area (Å²) in [5.74, 6) is 0.955. The third kappa shape index (κ3) is 5.35. The van der Waals surface area contributed by atoms with E-state index < -0.39 is 0 Å². The molecule has 0 heterocycles. The van der Waals surface area contributed by atoms with Crippen LogP contribution in [0.15, 0.2) is 48.5 Å². The van der Waals surface area contributed by atoms with E-state index in [4.69, 9.17) is 11.6 Å². The number of halogens is 1. The van der Waals surface area contributed by atoms with E-state index >= 15 is 0 Å². The van der Waals surface area contributed by atoms with E-state index in [9.17, 15) is 5.11 Å². The maximum atomic E-state index is 10.4. The lowest BCUT2D eigenvalue weighted by Gasteiger charge is -2.19. The monoisotopic (exact) mass is 334 g/mol. The van der Waals surface area contributed by atoms with E-state index in [1.807, 2.05) is 36.0 Å². The van der Waals surface area contributed by atoms with E-state index in [0.717, 1.165) is 29.2 Å². The Bertz CT molecular complexity index is 565. The maximum Gasteiger partial charge on any atom is 0.0800 e. The second kappa shape index (κ2) is 8.61. The summed E-state index contributed by atoms with van der Waals surface area (Å²) in [6.07, 6.45) is 1.46. The predicted octanol–water partition coefficient (Wildman–Crippen LogP) is 5.78. The van der Waals surface area contributed by atoms with Crippen LogP contribution in [0, 0.1) is 6.92 Å². The molecule has 1 nitrogen and oxygen atoms in total. The summed E-state index contributed by atoms with van der Waals surface area (Å²) < 4.78 is 0. The lowest BCUT2D eigenvalue weighted by Crippen LogP contribution is -2.09. The zero-order valence-electron chi connectivity index (χ0n) is 13.1. The summed E-state index contributed by atoms with van der Waals surface area (Å²) in [7, 11) is 0. The Balaban J connectivity index is 1.88. The van der Waals surface area contributed by atoms with Crippen molar-refractivity contribution in [1.82, 2.24) is 0 Å². The van der Waals surface area contributed by atoms with Crippen molar-refractivity contribution in [1.29, 1.82) is 0 Å². The molecule has 0 saturated heterocycles. The zero-order chi connectivity index (χ0) is 15.9. The van der Waals surface area contributed by atoms with Crippen LogP contribution in [0.4, 0.5) is 0 Å². The van der Waals surface area contributed by atoms with E-state index in [2.05, 4.69) is 38.1 Å². The number of hydrogen-bond donors (Lipinski definition) is 1. The van der Waals surface area contributed by atoms with Crippen LogP contribution in [-0.4, -0.2) is 10.4 Å². The average molecular weight is 335 g/mol. The normalized spacial score (nSPS) is 13.8. The Labute approximate surface area is 142 Å². The first-order valence-corrected chi connectivity index (χ1v) is 9.12. The average Bonchev–Trinajstić information content (AvgIpc) is 2.53. The topological polar surface area (TPSA) is 20.2 Å². The molecule has 2 aromatic rings. The van der Waals surface area contributed by atoms with Crippen LogP contribution < -0.4 is 0 Å². The van der Waals surface area contributed by atoms with Crippen molar-refractivity contribution in [3.05, 3.63) is 70.2 Å². The Hall–Kier alpha value is -0.960. The quantitative estimate of drug-likeness (QED) is 0.692. The molecule has 0 fully saturated rings. The summed E-state index contributed by atoms with van der Waals surface area (Å²) in [6, 6.07) is 16.2. The Morgan fingerprint density at radius 3 is 2.27 bits per heavy atom. The molecule has 0 aliphatic carbocycles. The lowest BCUT2D eigenvalue weighted by atomic mass is 10.0. The third-order valence-electron chi connectivity index (χ3n) is 3.80. The van der Waals surface area contributed by atoms with Crippen molar-refractivity contribution in [2.45, 2.75) is 43.8 Å². The molecule has 0 aromatic heterocycles. The molecule has 2 unspecified atom stereocenters. The second-order valence-corrected chi connectivity index (χ2v) is 7.36. The molecule has 0 amide bonds. The Morgan fingerprint density at radius 2 is 1.68 bits per heavy atom. The number of benzene rings is 2. The molecule has 3 heteroatoms. The molecule has 0 aliphatic rings. The van der Waals surface area contributed by atoms with Gasteiger partial charge in [-0.2, -0.15) is 11.8 Å². The van der Waals surface area contributed by atoms with Gasteiger partial charge >= 0.3 is 0 Å². The van der Waals surface area contributed by atoms with Crippen LogP contribution in [0.1, 0.15) is 42.6 Å². The summed E-state index contributed by atoms with van der Waals surface area (Å²) >= 11 is 7.81. The largest absolute Gasteiger partial charge is 0.388 e. The highest BCUT2D eigenvalue weighted by Gasteiger charge is 2.15. The van der Waals surface area contributed by atoms with Gasteiger partial charge in [0.25, 0.3) is 0 Å². The minimum Gasteiger partial charge on any atom is -0.388 e. The molecule has 2 rings (SSSR count). The van der Waals surface area contributed by atoms with Crippen LogP contribution in [0.2, 0.25) is 5.02 Å². The summed E-state index contributed by atoms with van der Waals surface area (Å²) in [4.78, 5) is 0. The summed E-state index contributed by atoms with van der Waals surface area (Å²) in [6.45, 7) is 4.24. The Morgan fingerprint density at radius 1 is 1.05 bits per heavy atom. The van der Waals surface area contributed by atoms with Crippen LogP contribution >= 0.6 is 23.4 Å². The second-order valence-electron chi connectivity index (χ2n) is 5.63. The molecule has 1 N–H and O–H groups in total. The Kier molecular flexibility index (Phi) is 6.81. The SMILES string of the molecule is CCC(CC(O)c1ccc(C)cc1)SCc1ccc(Cl)cc1. The van der Waals surface area contributed by atoms with Gasteiger partial charge in [-0.15, -0.1) is 0 Å². The van der Waals surface area contributed by atoms with Gasteiger partial charge in [0.2, 0.25) is 0 Å². The van der Waals surface area contributed by atoms with Crippen LogP contribution in [0.5, 0.6) is 0 Å². The number of rotatable bonds is 7. The first kappa shape index (κ1) is 17.4. The predicted molar refractivity (Wildman–Crippen MR) is 97.6 cm³/mol. The third-order valence-corrected chi connectivity index (χ3v) is 5.55. The van der Waals surface area contributed by atoms with Crippen LogP contribution in [0.25, 0.3) is 0 Å². The van der Waals surface area contributed by atoms with Gasteiger partial charge in [0, 0.05) is 16.0 Å². The number of aryl methyl sites for hydroxylation is 1. The number of aliphatic hydroxyl groups is 1. The van der Waals surface area contributed by atoms with E-state index in [-0.39, 0.29) is 6.10 Å². The summed E-state index contributed by atoms with van der Waals surface area (Å²) in [5, 5.41) is 11.6. The van der Waals surface area contributed by atoms with Crippen molar-refractivity contribution < 1.29 is 5.11 Å². The van der Waals surface area contributed by atoms with Gasteiger partial charge in [-0.05, 0) is 43.0 Å². The van der Waals surface area contributed by atoms with Crippen molar-refractivity contribution in [3.63, 3.8) is 0 Å². The van der Waals surface area contributed by atoms with Crippen molar-refractivity contribution in [2.75, 3.05) is 0 Å². The number of thioether (sulfide) groups is 1. The number of hydrogen-bond acceptors (Lipinski definition) is 2. The first-order chi connectivity index (χ1) is 10.6. The first-order valence-electron chi connectivity index (χ1n) is 7.69. The maximum absolute atomic E-state index is 10.4. The van der Waals surface area contributed by atoms with Crippen molar-refractivity contribution >= 4 is 23.4 Å². The van der Waals surface area contributed by atoms with Gasteiger partial charge in [-0.3, -0.25) is 0 Å². The molecule has 118 valence electrons. The van der Waals surface area contributed by atoms with Gasteiger partial charge in [0.1, 0.15) is 0 Å². The van der Waals surface area contributed by atoms with E-state index in [1.165, 1.54) is 11.1 Å². The number of aliphatic hydroxyl groups excluding tert-OH is 1. The van der Waals surface area contributed by atoms with Gasteiger partial charge in [0.05, 0.1) is 6.10 Å². The highest BCUT2D eigenvalue weighted by atomic mass is 35.5.